The molecule has 0 spiro atoms. The average molecular weight is 247 g/mol. The molecule has 0 aliphatic carbocycles. The largest absolute Gasteiger partial charge is 0.398 e. The number of likely N-dealkylation sites (N-methyl/N-ethyl adjacent to an activating group) is 1. The fraction of sp³-hybridized carbons (Fsp3) is 0.500. The summed E-state index contributed by atoms with van der Waals surface area (Å²) in [6, 6.07) is 6.01. The lowest BCUT2D eigenvalue weighted by molar-refractivity contribution is 0.0573. The van der Waals surface area contributed by atoms with E-state index in [0.717, 1.165) is 25.2 Å². The van der Waals surface area contributed by atoms with Crippen molar-refractivity contribution in [3.8, 4) is 0 Å². The first-order chi connectivity index (χ1) is 8.49. The van der Waals surface area contributed by atoms with Crippen LogP contribution in [-0.2, 0) is 0 Å². The third-order valence-electron chi connectivity index (χ3n) is 3.68. The van der Waals surface area contributed by atoms with Crippen molar-refractivity contribution in [3.05, 3.63) is 29.3 Å². The number of nitrogen functional groups attached to an aromatic ring is 1. The van der Waals surface area contributed by atoms with E-state index in [1.165, 1.54) is 0 Å². The Kier molecular flexibility index (Phi) is 3.57. The number of aryl methyl sites for hydroxylation is 1. The van der Waals surface area contributed by atoms with Crippen molar-refractivity contribution in [2.24, 2.45) is 0 Å². The van der Waals surface area contributed by atoms with E-state index in [1.807, 2.05) is 30.0 Å². The first-order valence-electron chi connectivity index (χ1n) is 6.34. The summed E-state index contributed by atoms with van der Waals surface area (Å²) in [7, 11) is 2.09. The lowest BCUT2D eigenvalue weighted by atomic mass is 10.1. The van der Waals surface area contributed by atoms with Gasteiger partial charge in [-0.2, -0.15) is 0 Å². The molecule has 2 N–H and O–H groups in total. The fourth-order valence-corrected chi connectivity index (χ4v) is 2.28. The Bertz CT molecular complexity index is 458. The third-order valence-corrected chi connectivity index (χ3v) is 3.68. The van der Waals surface area contributed by atoms with Crippen LogP contribution in [0.3, 0.4) is 0 Å². The molecule has 1 aromatic carbocycles. The summed E-state index contributed by atoms with van der Waals surface area (Å²) in [6.45, 7) is 6.56. The molecule has 1 aliphatic rings. The van der Waals surface area contributed by atoms with Crippen molar-refractivity contribution in [1.82, 2.24) is 9.80 Å². The Morgan fingerprint density at radius 1 is 1.39 bits per heavy atom. The number of carbonyl (C=O) groups excluding carboxylic acids is 1. The smallest absolute Gasteiger partial charge is 0.256 e. The summed E-state index contributed by atoms with van der Waals surface area (Å²) in [6.07, 6.45) is 0. The number of nitrogens with zero attached hydrogens (tertiary/aromatic N) is 2. The highest BCUT2D eigenvalue weighted by atomic mass is 16.2. The van der Waals surface area contributed by atoms with Crippen molar-refractivity contribution in [2.75, 3.05) is 32.4 Å². The maximum absolute atomic E-state index is 12.4. The molecule has 1 saturated heterocycles. The number of rotatable bonds is 1. The van der Waals surface area contributed by atoms with Gasteiger partial charge < -0.3 is 15.5 Å². The van der Waals surface area contributed by atoms with E-state index in [-0.39, 0.29) is 5.91 Å². The van der Waals surface area contributed by atoms with E-state index >= 15 is 0 Å². The third kappa shape index (κ3) is 2.48. The zero-order valence-corrected chi connectivity index (χ0v) is 11.3. The van der Waals surface area contributed by atoms with Gasteiger partial charge in [-0.15, -0.1) is 0 Å². The molecule has 98 valence electrons. The normalized spacial score (nSPS) is 21.1. The number of anilines is 1. The van der Waals surface area contributed by atoms with Gasteiger partial charge in [0.1, 0.15) is 0 Å². The van der Waals surface area contributed by atoms with Gasteiger partial charge in [-0.1, -0.05) is 6.07 Å². The monoisotopic (exact) mass is 247 g/mol. The molecular weight excluding hydrogens is 226 g/mol. The van der Waals surface area contributed by atoms with Crippen molar-refractivity contribution in [1.29, 1.82) is 0 Å². The number of piperazine rings is 1. The highest BCUT2D eigenvalue weighted by Gasteiger charge is 2.25. The van der Waals surface area contributed by atoms with E-state index < -0.39 is 0 Å². The minimum atomic E-state index is 0.0486. The van der Waals surface area contributed by atoms with Crippen LogP contribution in [0.5, 0.6) is 0 Å². The maximum Gasteiger partial charge on any atom is 0.256 e. The van der Waals surface area contributed by atoms with Crippen LogP contribution < -0.4 is 5.73 Å². The quantitative estimate of drug-likeness (QED) is 0.762. The molecule has 1 heterocycles. The van der Waals surface area contributed by atoms with E-state index in [2.05, 4.69) is 18.9 Å². The van der Waals surface area contributed by atoms with Gasteiger partial charge in [-0.05, 0) is 38.6 Å². The zero-order valence-electron chi connectivity index (χ0n) is 11.3. The standard InChI is InChI=1S/C14H21N3O/c1-10-4-5-12(13(15)8-10)14(18)17-7-6-16(3)11(2)9-17/h4-5,8,11H,6-7,9,15H2,1-3H3. The maximum atomic E-state index is 12.4. The Morgan fingerprint density at radius 3 is 2.72 bits per heavy atom. The summed E-state index contributed by atoms with van der Waals surface area (Å²) in [5.74, 6) is 0.0486. The van der Waals surface area contributed by atoms with Gasteiger partial charge in [0.25, 0.3) is 5.91 Å². The molecule has 0 aromatic heterocycles. The number of carbonyl (C=O) groups is 1. The van der Waals surface area contributed by atoms with Crippen molar-refractivity contribution in [3.63, 3.8) is 0 Å². The highest BCUT2D eigenvalue weighted by molar-refractivity contribution is 5.99. The summed E-state index contributed by atoms with van der Waals surface area (Å²) in [4.78, 5) is 16.6. The number of hydrogen-bond acceptors (Lipinski definition) is 3. The highest BCUT2D eigenvalue weighted by Crippen LogP contribution is 2.18. The van der Waals surface area contributed by atoms with Crippen molar-refractivity contribution in [2.45, 2.75) is 19.9 Å². The Labute approximate surface area is 108 Å². The molecule has 1 aromatic rings. The van der Waals surface area contributed by atoms with E-state index in [4.69, 9.17) is 5.73 Å². The summed E-state index contributed by atoms with van der Waals surface area (Å²) in [5.41, 5.74) is 8.21. The molecule has 0 bridgehead atoms. The topological polar surface area (TPSA) is 49.6 Å². The number of hydrogen-bond donors (Lipinski definition) is 1. The second kappa shape index (κ2) is 4.98. The van der Waals surface area contributed by atoms with Crippen LogP contribution >= 0.6 is 0 Å². The SMILES string of the molecule is Cc1ccc(C(=O)N2CCN(C)C(C)C2)c(N)c1. The minimum Gasteiger partial charge on any atom is -0.398 e. The average Bonchev–Trinajstić information content (AvgIpc) is 2.32. The second-order valence-corrected chi connectivity index (χ2v) is 5.17. The van der Waals surface area contributed by atoms with Gasteiger partial charge in [0, 0.05) is 31.4 Å². The summed E-state index contributed by atoms with van der Waals surface area (Å²) < 4.78 is 0. The van der Waals surface area contributed by atoms with Gasteiger partial charge in [0.2, 0.25) is 0 Å². The van der Waals surface area contributed by atoms with Crippen LogP contribution in [0.4, 0.5) is 5.69 Å². The molecule has 18 heavy (non-hydrogen) atoms. The van der Waals surface area contributed by atoms with Crippen molar-refractivity contribution >= 4 is 11.6 Å². The van der Waals surface area contributed by atoms with Crippen molar-refractivity contribution < 1.29 is 4.79 Å². The van der Waals surface area contributed by atoms with Crippen LogP contribution in [0.25, 0.3) is 0 Å². The zero-order chi connectivity index (χ0) is 13.3. The van der Waals surface area contributed by atoms with Gasteiger partial charge >= 0.3 is 0 Å². The first kappa shape index (κ1) is 12.9. The predicted octanol–water partition coefficient (Wildman–Crippen LogP) is 1.35. The van der Waals surface area contributed by atoms with Gasteiger partial charge in [-0.25, -0.2) is 0 Å². The van der Waals surface area contributed by atoms with E-state index in [1.54, 1.807) is 0 Å². The van der Waals surface area contributed by atoms with Crippen LogP contribution in [0.1, 0.15) is 22.8 Å². The van der Waals surface area contributed by atoms with Gasteiger partial charge in [-0.3, -0.25) is 4.79 Å². The number of benzene rings is 1. The molecule has 1 fully saturated rings. The minimum absolute atomic E-state index is 0.0486. The summed E-state index contributed by atoms with van der Waals surface area (Å²) >= 11 is 0. The number of amides is 1. The van der Waals surface area contributed by atoms with Gasteiger partial charge in [0.05, 0.1) is 5.56 Å². The van der Waals surface area contributed by atoms with Crippen LogP contribution in [0.2, 0.25) is 0 Å². The first-order valence-corrected chi connectivity index (χ1v) is 6.34. The molecule has 1 aliphatic heterocycles. The molecular formula is C14H21N3O. The summed E-state index contributed by atoms with van der Waals surface area (Å²) in [5, 5.41) is 0. The molecule has 4 heteroatoms. The molecule has 1 amide bonds. The molecule has 1 unspecified atom stereocenters. The van der Waals surface area contributed by atoms with Crippen LogP contribution in [0.15, 0.2) is 18.2 Å². The molecule has 4 nitrogen and oxygen atoms in total. The van der Waals surface area contributed by atoms with Crippen LogP contribution in [0, 0.1) is 6.92 Å². The molecule has 2 rings (SSSR count). The lowest BCUT2D eigenvalue weighted by Gasteiger charge is -2.37. The second-order valence-electron chi connectivity index (χ2n) is 5.17. The van der Waals surface area contributed by atoms with Crippen LogP contribution in [-0.4, -0.2) is 48.4 Å². The lowest BCUT2D eigenvalue weighted by Crippen LogP contribution is -2.52. The molecule has 1 atom stereocenters. The van der Waals surface area contributed by atoms with E-state index in [0.29, 0.717) is 17.3 Å². The fourth-order valence-electron chi connectivity index (χ4n) is 2.28. The Balaban J connectivity index is 2.16. The van der Waals surface area contributed by atoms with Gasteiger partial charge in [0.15, 0.2) is 0 Å². The predicted molar refractivity (Wildman–Crippen MR) is 73.6 cm³/mol. The Hall–Kier alpha value is -1.55. The molecule has 0 saturated carbocycles. The number of nitrogens with two attached hydrogens (primary N) is 1. The Morgan fingerprint density at radius 2 is 2.11 bits per heavy atom. The van der Waals surface area contributed by atoms with E-state index in [9.17, 15) is 4.79 Å². The molecule has 0 radical (unpaired) electrons.